The predicted octanol–water partition coefficient (Wildman–Crippen LogP) is 3.28. The van der Waals surface area contributed by atoms with Gasteiger partial charge in [0.25, 0.3) is 0 Å². The first-order valence-electron chi connectivity index (χ1n) is 3.78. The van der Waals surface area contributed by atoms with E-state index in [1.165, 1.54) is 11.4 Å². The lowest BCUT2D eigenvalue weighted by atomic mass is 10.7. The Labute approximate surface area is 77.7 Å². The zero-order valence-electron chi connectivity index (χ0n) is 7.21. The molecular weight excluding hydrogens is 200 g/mol. The van der Waals surface area contributed by atoms with Gasteiger partial charge in [0.05, 0.1) is 0 Å². The number of halogens is 1. The van der Waals surface area contributed by atoms with Crippen molar-refractivity contribution in [3.05, 3.63) is 0 Å². The summed E-state index contributed by atoms with van der Waals surface area (Å²) in [5, 5.41) is 0. The van der Waals surface area contributed by atoms with Crippen LogP contribution in [0, 0.1) is 0 Å². The van der Waals surface area contributed by atoms with Gasteiger partial charge in [0.1, 0.15) is 0 Å². The monoisotopic (exact) mass is 215 g/mol. The standard InChI is InChI=1S/C6H15FNPS2/c1-4-8(5-2)9(7,10)11-6-3/h4-6H2,1-3H3. The van der Waals surface area contributed by atoms with Crippen molar-refractivity contribution in [2.45, 2.75) is 20.8 Å². The Morgan fingerprint density at radius 3 is 2.09 bits per heavy atom. The molecule has 0 saturated heterocycles. The van der Waals surface area contributed by atoms with E-state index in [2.05, 4.69) is 0 Å². The maximum Gasteiger partial charge on any atom is 0.232 e. The highest BCUT2D eigenvalue weighted by molar-refractivity contribution is 8.68. The summed E-state index contributed by atoms with van der Waals surface area (Å²) in [6, 6.07) is 0. The molecule has 0 fully saturated rings. The third-order valence-corrected chi connectivity index (χ3v) is 7.24. The Hall–Kier alpha value is 0.890. The SMILES string of the molecule is CCSP(F)(=S)N(CC)CC. The fraction of sp³-hybridized carbons (Fsp3) is 1.00. The first kappa shape index (κ1) is 11.9. The van der Waals surface area contributed by atoms with Crippen molar-refractivity contribution >= 4 is 28.9 Å². The van der Waals surface area contributed by atoms with Crippen LogP contribution in [0.1, 0.15) is 20.8 Å². The molecule has 68 valence electrons. The molecule has 0 spiro atoms. The summed E-state index contributed by atoms with van der Waals surface area (Å²) in [5.41, 5.74) is -2.72. The van der Waals surface area contributed by atoms with E-state index in [1.54, 1.807) is 4.67 Å². The van der Waals surface area contributed by atoms with Gasteiger partial charge in [-0.15, -0.1) is 0 Å². The van der Waals surface area contributed by atoms with Crippen molar-refractivity contribution < 1.29 is 4.20 Å². The normalized spacial score (nSPS) is 16.8. The minimum Gasteiger partial charge on any atom is -0.243 e. The molecule has 11 heavy (non-hydrogen) atoms. The molecule has 0 saturated carbocycles. The van der Waals surface area contributed by atoms with Gasteiger partial charge >= 0.3 is 0 Å². The second-order valence-corrected chi connectivity index (χ2v) is 8.68. The van der Waals surface area contributed by atoms with Crippen LogP contribution in [-0.4, -0.2) is 23.5 Å². The van der Waals surface area contributed by atoms with Crippen LogP contribution in [0.4, 0.5) is 4.20 Å². The number of hydrogen-bond acceptors (Lipinski definition) is 2. The average molecular weight is 215 g/mol. The lowest BCUT2D eigenvalue weighted by Crippen LogP contribution is -2.15. The van der Waals surface area contributed by atoms with Crippen LogP contribution >= 0.6 is 17.1 Å². The van der Waals surface area contributed by atoms with Crippen LogP contribution < -0.4 is 0 Å². The van der Waals surface area contributed by atoms with Gasteiger partial charge in [-0.3, -0.25) is 0 Å². The Kier molecular flexibility index (Phi) is 5.97. The van der Waals surface area contributed by atoms with Crippen molar-refractivity contribution in [2.24, 2.45) is 0 Å². The Morgan fingerprint density at radius 1 is 1.36 bits per heavy atom. The largest absolute Gasteiger partial charge is 0.243 e. The van der Waals surface area contributed by atoms with Gasteiger partial charge in [0.2, 0.25) is 5.70 Å². The van der Waals surface area contributed by atoms with Crippen molar-refractivity contribution in [1.82, 2.24) is 4.67 Å². The molecule has 1 atom stereocenters. The molecule has 0 amide bonds. The summed E-state index contributed by atoms with van der Waals surface area (Å²) in [7, 11) is 0. The minimum absolute atomic E-state index is 0.720. The maximum absolute atomic E-state index is 13.6. The van der Waals surface area contributed by atoms with Crippen LogP contribution in [0.25, 0.3) is 0 Å². The van der Waals surface area contributed by atoms with Crippen molar-refractivity contribution in [3.63, 3.8) is 0 Å². The molecule has 0 heterocycles. The fourth-order valence-electron chi connectivity index (χ4n) is 0.802. The maximum atomic E-state index is 13.6. The molecule has 0 aliphatic heterocycles. The summed E-state index contributed by atoms with van der Waals surface area (Å²) in [6.45, 7) is 7.27. The van der Waals surface area contributed by atoms with E-state index in [-0.39, 0.29) is 0 Å². The quantitative estimate of drug-likeness (QED) is 0.648. The number of nitrogens with zero attached hydrogens (tertiary/aromatic N) is 1. The van der Waals surface area contributed by atoms with E-state index < -0.39 is 5.70 Å². The zero-order valence-corrected chi connectivity index (χ0v) is 9.74. The number of hydrogen-bond donors (Lipinski definition) is 0. The second kappa shape index (κ2) is 5.52. The molecule has 0 radical (unpaired) electrons. The molecule has 0 aliphatic carbocycles. The first-order chi connectivity index (χ1) is 5.08. The van der Waals surface area contributed by atoms with Gasteiger partial charge in [-0.2, -0.15) is 4.20 Å². The zero-order chi connectivity index (χ0) is 8.91. The summed E-state index contributed by atoms with van der Waals surface area (Å²) in [4.78, 5) is 0. The Balaban J connectivity index is 4.13. The molecule has 0 aromatic rings. The van der Waals surface area contributed by atoms with E-state index >= 15 is 0 Å². The molecule has 0 bridgehead atoms. The topological polar surface area (TPSA) is 3.24 Å². The lowest BCUT2D eigenvalue weighted by molar-refractivity contribution is 0.490. The fourth-order valence-corrected chi connectivity index (χ4v) is 5.74. The molecule has 0 aromatic heterocycles. The second-order valence-electron chi connectivity index (χ2n) is 2.01. The molecule has 0 N–H and O–H groups in total. The lowest BCUT2D eigenvalue weighted by Gasteiger charge is -2.24. The van der Waals surface area contributed by atoms with Crippen molar-refractivity contribution in [1.29, 1.82) is 0 Å². The van der Waals surface area contributed by atoms with E-state index in [9.17, 15) is 4.20 Å². The molecule has 1 unspecified atom stereocenters. The molecule has 5 heteroatoms. The third kappa shape index (κ3) is 3.88. The van der Waals surface area contributed by atoms with E-state index in [0.717, 1.165) is 18.8 Å². The highest BCUT2D eigenvalue weighted by atomic mass is 32.9. The number of rotatable bonds is 5. The average Bonchev–Trinajstić information content (AvgIpc) is 1.89. The summed E-state index contributed by atoms with van der Waals surface area (Å²) in [5.74, 6) is 0.768. The predicted molar refractivity (Wildman–Crippen MR) is 56.4 cm³/mol. The molecule has 0 aliphatic rings. The van der Waals surface area contributed by atoms with Gasteiger partial charge < -0.3 is 0 Å². The smallest absolute Gasteiger partial charge is 0.232 e. The summed E-state index contributed by atoms with van der Waals surface area (Å²) >= 11 is 6.17. The molecule has 0 rings (SSSR count). The van der Waals surface area contributed by atoms with Crippen molar-refractivity contribution in [2.75, 3.05) is 18.8 Å². The summed E-state index contributed by atoms with van der Waals surface area (Å²) < 4.78 is 15.3. The van der Waals surface area contributed by atoms with Crippen LogP contribution in [-0.2, 0) is 11.8 Å². The van der Waals surface area contributed by atoms with E-state index in [1.807, 2.05) is 20.8 Å². The third-order valence-electron chi connectivity index (χ3n) is 1.36. The molecule has 0 aromatic carbocycles. The van der Waals surface area contributed by atoms with E-state index in [4.69, 9.17) is 11.8 Å². The van der Waals surface area contributed by atoms with Crippen LogP contribution in [0.3, 0.4) is 0 Å². The van der Waals surface area contributed by atoms with Crippen LogP contribution in [0.15, 0.2) is 0 Å². The van der Waals surface area contributed by atoms with Gasteiger partial charge in [-0.25, -0.2) is 4.67 Å². The highest BCUT2D eigenvalue weighted by Gasteiger charge is 2.21. The Morgan fingerprint density at radius 2 is 1.82 bits per heavy atom. The summed E-state index contributed by atoms with van der Waals surface area (Å²) in [6.07, 6.45) is 0. The van der Waals surface area contributed by atoms with Gasteiger partial charge in [0, 0.05) is 13.1 Å². The van der Waals surface area contributed by atoms with Crippen molar-refractivity contribution in [3.8, 4) is 0 Å². The van der Waals surface area contributed by atoms with Gasteiger partial charge in [0.15, 0.2) is 0 Å². The minimum atomic E-state index is -2.72. The molecular formula is C6H15FNPS2. The van der Waals surface area contributed by atoms with E-state index in [0.29, 0.717) is 0 Å². The Bertz CT molecular complexity index is 150. The van der Waals surface area contributed by atoms with Crippen LogP contribution in [0.5, 0.6) is 0 Å². The van der Waals surface area contributed by atoms with Gasteiger partial charge in [-0.05, 0) is 17.6 Å². The first-order valence-corrected chi connectivity index (χ1v) is 8.01. The van der Waals surface area contributed by atoms with Gasteiger partial charge in [-0.1, -0.05) is 32.2 Å². The van der Waals surface area contributed by atoms with Crippen LogP contribution in [0.2, 0.25) is 0 Å². The molecule has 1 nitrogen and oxygen atoms in total. The highest BCUT2D eigenvalue weighted by Crippen LogP contribution is 2.62.